The van der Waals surface area contributed by atoms with Crippen molar-refractivity contribution in [2.24, 2.45) is 4.99 Å². The van der Waals surface area contributed by atoms with Crippen molar-refractivity contribution in [1.82, 2.24) is 20.3 Å². The SMILES string of the molecule is CN=C(NCc1cccc(OCCCOC)c1)N1CCN(Cc2cc(C)on2)CC1.I. The average Bonchev–Trinajstić information content (AvgIpc) is 3.17. The van der Waals surface area contributed by atoms with Gasteiger partial charge in [-0.1, -0.05) is 17.3 Å². The van der Waals surface area contributed by atoms with Crippen molar-refractivity contribution < 1.29 is 14.0 Å². The summed E-state index contributed by atoms with van der Waals surface area (Å²) < 4.78 is 16.0. The highest BCUT2D eigenvalue weighted by Crippen LogP contribution is 2.14. The number of nitrogens with one attached hydrogen (secondary N) is 1. The molecule has 0 saturated carbocycles. The van der Waals surface area contributed by atoms with Crippen LogP contribution in [0.15, 0.2) is 39.8 Å². The number of aromatic nitrogens is 1. The molecule has 0 unspecified atom stereocenters. The zero-order valence-electron chi connectivity index (χ0n) is 18.7. The van der Waals surface area contributed by atoms with Crippen molar-refractivity contribution >= 4 is 29.9 Å². The van der Waals surface area contributed by atoms with E-state index in [0.717, 1.165) is 62.3 Å². The van der Waals surface area contributed by atoms with Crippen LogP contribution in [0.1, 0.15) is 23.4 Å². The molecule has 1 saturated heterocycles. The first kappa shape index (κ1) is 25.4. The molecular weight excluding hydrogens is 509 g/mol. The first-order valence-corrected chi connectivity index (χ1v) is 10.5. The molecule has 172 valence electrons. The predicted octanol–water partition coefficient (Wildman–Crippen LogP) is 2.91. The molecule has 1 N–H and O–H groups in total. The van der Waals surface area contributed by atoms with Crippen LogP contribution in [0, 0.1) is 6.92 Å². The number of hydrogen-bond donors (Lipinski definition) is 1. The van der Waals surface area contributed by atoms with Gasteiger partial charge in [0.05, 0.1) is 12.3 Å². The summed E-state index contributed by atoms with van der Waals surface area (Å²) in [5, 5.41) is 7.58. The van der Waals surface area contributed by atoms with Gasteiger partial charge in [-0.2, -0.15) is 0 Å². The van der Waals surface area contributed by atoms with Gasteiger partial charge in [0, 0.05) is 72.5 Å². The van der Waals surface area contributed by atoms with Crippen LogP contribution < -0.4 is 10.1 Å². The molecule has 1 aromatic carbocycles. The molecule has 1 aliphatic heterocycles. The second-order valence-corrected chi connectivity index (χ2v) is 7.44. The molecule has 3 rings (SSSR count). The topological polar surface area (TPSA) is 75.4 Å². The van der Waals surface area contributed by atoms with Gasteiger partial charge in [-0.15, -0.1) is 24.0 Å². The van der Waals surface area contributed by atoms with E-state index < -0.39 is 0 Å². The number of hydrogen-bond acceptors (Lipinski definition) is 6. The number of ether oxygens (including phenoxy) is 2. The molecule has 0 bridgehead atoms. The molecule has 31 heavy (non-hydrogen) atoms. The van der Waals surface area contributed by atoms with E-state index in [2.05, 4.69) is 37.4 Å². The molecule has 0 radical (unpaired) electrons. The number of piperazine rings is 1. The Labute approximate surface area is 202 Å². The van der Waals surface area contributed by atoms with E-state index in [9.17, 15) is 0 Å². The Kier molecular flexibility index (Phi) is 11.1. The van der Waals surface area contributed by atoms with E-state index in [0.29, 0.717) is 19.8 Å². The highest BCUT2D eigenvalue weighted by atomic mass is 127. The van der Waals surface area contributed by atoms with E-state index in [1.54, 1.807) is 7.11 Å². The van der Waals surface area contributed by atoms with Crippen molar-refractivity contribution in [3.63, 3.8) is 0 Å². The summed E-state index contributed by atoms with van der Waals surface area (Å²) in [6.07, 6.45) is 0.883. The van der Waals surface area contributed by atoms with E-state index in [1.165, 1.54) is 5.56 Å². The summed E-state index contributed by atoms with van der Waals surface area (Å²) in [5.74, 6) is 2.67. The van der Waals surface area contributed by atoms with E-state index in [1.807, 2.05) is 32.2 Å². The smallest absolute Gasteiger partial charge is 0.194 e. The number of aryl methyl sites for hydroxylation is 1. The van der Waals surface area contributed by atoms with Gasteiger partial charge >= 0.3 is 0 Å². The van der Waals surface area contributed by atoms with Crippen LogP contribution in [0.4, 0.5) is 0 Å². The maximum atomic E-state index is 5.79. The molecule has 0 aliphatic carbocycles. The largest absolute Gasteiger partial charge is 0.493 e. The zero-order valence-corrected chi connectivity index (χ0v) is 21.0. The lowest BCUT2D eigenvalue weighted by atomic mass is 10.2. The third kappa shape index (κ3) is 8.30. The lowest BCUT2D eigenvalue weighted by Gasteiger charge is -2.36. The van der Waals surface area contributed by atoms with Crippen LogP contribution in [-0.2, 0) is 17.8 Å². The van der Waals surface area contributed by atoms with E-state index in [-0.39, 0.29) is 24.0 Å². The van der Waals surface area contributed by atoms with Gasteiger partial charge in [0.15, 0.2) is 5.96 Å². The van der Waals surface area contributed by atoms with Gasteiger partial charge in [0.1, 0.15) is 11.5 Å². The van der Waals surface area contributed by atoms with Crippen LogP contribution in [0.3, 0.4) is 0 Å². The van der Waals surface area contributed by atoms with Gasteiger partial charge in [0.25, 0.3) is 0 Å². The lowest BCUT2D eigenvalue weighted by molar-refractivity contribution is 0.169. The molecular formula is C22H34IN5O3. The molecule has 1 aliphatic rings. The molecule has 9 heteroatoms. The van der Waals surface area contributed by atoms with Crippen LogP contribution in [0.25, 0.3) is 0 Å². The fraction of sp³-hybridized carbons (Fsp3) is 0.545. The van der Waals surface area contributed by atoms with Crippen LogP contribution in [0.2, 0.25) is 0 Å². The Morgan fingerprint density at radius 3 is 2.68 bits per heavy atom. The highest BCUT2D eigenvalue weighted by Gasteiger charge is 2.20. The maximum Gasteiger partial charge on any atom is 0.194 e. The van der Waals surface area contributed by atoms with Crippen molar-refractivity contribution in [1.29, 1.82) is 0 Å². The summed E-state index contributed by atoms with van der Waals surface area (Å²) in [6, 6.07) is 10.2. The second-order valence-electron chi connectivity index (χ2n) is 7.44. The van der Waals surface area contributed by atoms with E-state index >= 15 is 0 Å². The molecule has 2 heterocycles. The molecule has 0 amide bonds. The predicted molar refractivity (Wildman–Crippen MR) is 132 cm³/mol. The minimum atomic E-state index is 0. The minimum Gasteiger partial charge on any atom is -0.493 e. The third-order valence-corrected chi connectivity index (χ3v) is 5.06. The number of rotatable bonds is 9. The second kappa shape index (κ2) is 13.5. The lowest BCUT2D eigenvalue weighted by Crippen LogP contribution is -2.52. The monoisotopic (exact) mass is 543 g/mol. The normalized spacial score (nSPS) is 14.9. The molecule has 2 aromatic rings. The Bertz CT molecular complexity index is 806. The van der Waals surface area contributed by atoms with Crippen LogP contribution in [0.5, 0.6) is 5.75 Å². The summed E-state index contributed by atoms with van der Waals surface area (Å²) in [7, 11) is 3.54. The van der Waals surface area contributed by atoms with Gasteiger partial charge in [0.2, 0.25) is 0 Å². The summed E-state index contributed by atoms with van der Waals surface area (Å²) >= 11 is 0. The minimum absolute atomic E-state index is 0. The van der Waals surface area contributed by atoms with Crippen molar-refractivity contribution in [3.05, 3.63) is 47.3 Å². The number of nitrogens with zero attached hydrogens (tertiary/aromatic N) is 4. The fourth-order valence-electron chi connectivity index (χ4n) is 3.49. The van der Waals surface area contributed by atoms with Crippen molar-refractivity contribution in [2.45, 2.75) is 26.4 Å². The molecule has 1 aromatic heterocycles. The number of methoxy groups -OCH3 is 1. The maximum absolute atomic E-state index is 5.79. The first-order chi connectivity index (χ1) is 14.7. The first-order valence-electron chi connectivity index (χ1n) is 10.5. The number of guanidine groups is 1. The molecule has 1 fully saturated rings. The van der Waals surface area contributed by atoms with Gasteiger partial charge in [-0.3, -0.25) is 9.89 Å². The van der Waals surface area contributed by atoms with Gasteiger partial charge < -0.3 is 24.2 Å². The fourth-order valence-corrected chi connectivity index (χ4v) is 3.49. The van der Waals surface area contributed by atoms with Crippen LogP contribution >= 0.6 is 24.0 Å². The van der Waals surface area contributed by atoms with Gasteiger partial charge in [-0.25, -0.2) is 0 Å². The highest BCUT2D eigenvalue weighted by molar-refractivity contribution is 14.0. The number of aliphatic imine (C=N–C) groups is 1. The standard InChI is InChI=1S/C22H33N5O3.HI/c1-18-14-20(25-30-18)17-26-8-10-27(11-9-26)22(23-2)24-16-19-6-4-7-21(15-19)29-13-5-12-28-3;/h4,6-7,14-15H,5,8-13,16-17H2,1-3H3,(H,23,24);1H. The van der Waals surface area contributed by atoms with Crippen molar-refractivity contribution in [3.8, 4) is 5.75 Å². The Balaban J connectivity index is 0.00000341. The summed E-state index contributed by atoms with van der Waals surface area (Å²) in [5.41, 5.74) is 2.16. The molecule has 0 spiro atoms. The Morgan fingerprint density at radius 2 is 2.00 bits per heavy atom. The van der Waals surface area contributed by atoms with Crippen LogP contribution in [-0.4, -0.2) is 74.5 Å². The Hall–Kier alpha value is -1.85. The van der Waals surface area contributed by atoms with E-state index in [4.69, 9.17) is 14.0 Å². The number of benzene rings is 1. The number of halogens is 1. The van der Waals surface area contributed by atoms with Crippen molar-refractivity contribution in [2.75, 3.05) is 53.6 Å². The van der Waals surface area contributed by atoms with Gasteiger partial charge in [-0.05, 0) is 24.6 Å². The summed E-state index contributed by atoms with van der Waals surface area (Å²) in [6.45, 7) is 8.63. The average molecular weight is 543 g/mol. The zero-order chi connectivity index (χ0) is 21.2. The quantitative estimate of drug-likeness (QED) is 0.226. The Morgan fingerprint density at radius 1 is 1.19 bits per heavy atom. The molecule has 0 atom stereocenters. The summed E-state index contributed by atoms with van der Waals surface area (Å²) in [4.78, 5) is 9.17. The molecule has 8 nitrogen and oxygen atoms in total. The third-order valence-electron chi connectivity index (χ3n) is 5.06.